The van der Waals surface area contributed by atoms with Gasteiger partial charge in [-0.3, -0.25) is 0 Å². The summed E-state index contributed by atoms with van der Waals surface area (Å²) in [5.74, 6) is 1.63. The molecule has 1 atom stereocenters. The minimum Gasteiger partial charge on any atom is -0.478 e. The van der Waals surface area contributed by atoms with Crippen LogP contribution in [-0.4, -0.2) is 16.2 Å². The van der Waals surface area contributed by atoms with Crippen LogP contribution < -0.4 is 0 Å². The van der Waals surface area contributed by atoms with Crippen molar-refractivity contribution in [3.8, 4) is 11.1 Å². The number of carboxylic acid groups (broad SMARTS) is 1. The lowest BCUT2D eigenvalue weighted by molar-refractivity contribution is -0.00641. The fourth-order valence-electron chi connectivity index (χ4n) is 7.63. The van der Waals surface area contributed by atoms with E-state index in [1.807, 2.05) is 19.1 Å². The van der Waals surface area contributed by atoms with Crippen molar-refractivity contribution in [1.29, 1.82) is 0 Å². The first-order chi connectivity index (χ1) is 15.4. The van der Waals surface area contributed by atoms with E-state index in [2.05, 4.69) is 30.3 Å². The lowest BCUT2D eigenvalue weighted by atomic mass is 9.47. The summed E-state index contributed by atoms with van der Waals surface area (Å²) in [5, 5.41) is 22.4. The topological polar surface area (TPSA) is 57.5 Å². The summed E-state index contributed by atoms with van der Waals surface area (Å²) < 4.78 is 0. The van der Waals surface area contributed by atoms with Gasteiger partial charge >= 0.3 is 5.97 Å². The van der Waals surface area contributed by atoms with Gasteiger partial charge in [0.1, 0.15) is 0 Å². The van der Waals surface area contributed by atoms with E-state index in [4.69, 9.17) is 0 Å². The Hall–Kier alpha value is -2.65. The van der Waals surface area contributed by atoms with Crippen molar-refractivity contribution in [2.75, 3.05) is 0 Å². The fraction of sp³-hybridized carbons (Fsp3) is 0.414. The average molecular weight is 427 g/mol. The molecule has 0 spiro atoms. The van der Waals surface area contributed by atoms with Gasteiger partial charge in [0.2, 0.25) is 0 Å². The average Bonchev–Trinajstić information content (AvgIpc) is 2.77. The minimum absolute atomic E-state index is 0.204. The van der Waals surface area contributed by atoms with E-state index in [1.165, 1.54) is 49.5 Å². The van der Waals surface area contributed by atoms with Crippen LogP contribution in [-0.2, 0) is 5.41 Å². The van der Waals surface area contributed by atoms with Crippen LogP contribution in [0.25, 0.3) is 21.9 Å². The van der Waals surface area contributed by atoms with Crippen LogP contribution >= 0.6 is 0 Å². The Morgan fingerprint density at radius 1 is 0.938 bits per heavy atom. The molecule has 3 heteroatoms. The van der Waals surface area contributed by atoms with Crippen LogP contribution in [0.1, 0.15) is 73.0 Å². The zero-order valence-corrected chi connectivity index (χ0v) is 18.6. The van der Waals surface area contributed by atoms with Gasteiger partial charge in [-0.05, 0) is 126 Å². The molecule has 0 aromatic heterocycles. The van der Waals surface area contributed by atoms with Gasteiger partial charge in [0.25, 0.3) is 0 Å². The second-order valence-electron chi connectivity index (χ2n) is 10.7. The quantitative estimate of drug-likeness (QED) is 0.486. The van der Waals surface area contributed by atoms with Crippen LogP contribution in [0.4, 0.5) is 0 Å². The predicted octanol–water partition coefficient (Wildman–Crippen LogP) is 6.73. The third kappa shape index (κ3) is 3.09. The molecule has 1 unspecified atom stereocenters. The molecule has 4 aliphatic carbocycles. The first kappa shape index (κ1) is 20.0. The zero-order valence-electron chi connectivity index (χ0n) is 18.6. The first-order valence-corrected chi connectivity index (χ1v) is 12.0. The van der Waals surface area contributed by atoms with Gasteiger partial charge < -0.3 is 10.2 Å². The molecule has 7 rings (SSSR count). The first-order valence-electron chi connectivity index (χ1n) is 12.0. The fourth-order valence-corrected chi connectivity index (χ4v) is 7.63. The molecule has 4 bridgehead atoms. The number of aromatic carboxylic acids is 1. The number of fused-ring (bicyclic) bond motifs is 1. The summed E-state index contributed by atoms with van der Waals surface area (Å²) in [4.78, 5) is 11.3. The lowest BCUT2D eigenvalue weighted by Gasteiger charge is -2.57. The van der Waals surface area contributed by atoms with E-state index in [9.17, 15) is 15.0 Å². The highest BCUT2D eigenvalue weighted by molar-refractivity contribution is 5.98. The van der Waals surface area contributed by atoms with Gasteiger partial charge in [0.15, 0.2) is 0 Å². The molecule has 3 aromatic carbocycles. The number of aliphatic hydroxyl groups excluding tert-OH is 1. The summed E-state index contributed by atoms with van der Waals surface area (Å²) in [6.45, 7) is 1.90. The van der Waals surface area contributed by atoms with Gasteiger partial charge in [0, 0.05) is 0 Å². The third-order valence-electron chi connectivity index (χ3n) is 8.55. The Bertz CT molecular complexity index is 1170. The van der Waals surface area contributed by atoms with Gasteiger partial charge in [0.05, 0.1) is 11.7 Å². The maximum atomic E-state index is 11.3. The SMILES string of the molecule is CC(O)c1cc2cccc(-c3ccc(C(=O)O)cc3)c2cc1C12CC3CC(CC(C3)C1)C2. The van der Waals surface area contributed by atoms with Crippen LogP contribution in [0.5, 0.6) is 0 Å². The maximum Gasteiger partial charge on any atom is 0.335 e. The number of carbonyl (C=O) groups is 1. The summed E-state index contributed by atoms with van der Waals surface area (Å²) in [6, 6.07) is 18.1. The molecule has 0 saturated heterocycles. The van der Waals surface area contributed by atoms with Crippen molar-refractivity contribution >= 4 is 16.7 Å². The van der Waals surface area contributed by atoms with Crippen molar-refractivity contribution < 1.29 is 15.0 Å². The van der Waals surface area contributed by atoms with E-state index in [1.54, 1.807) is 12.1 Å². The highest BCUT2D eigenvalue weighted by Crippen LogP contribution is 2.61. The molecular formula is C29H30O3. The van der Waals surface area contributed by atoms with Crippen molar-refractivity contribution in [2.24, 2.45) is 17.8 Å². The summed E-state index contributed by atoms with van der Waals surface area (Å²) >= 11 is 0. The Labute approximate surface area is 189 Å². The molecule has 4 fully saturated rings. The van der Waals surface area contributed by atoms with E-state index in [0.717, 1.165) is 39.8 Å². The van der Waals surface area contributed by atoms with Crippen LogP contribution in [0, 0.1) is 17.8 Å². The Kier molecular flexibility index (Phi) is 4.49. The lowest BCUT2D eigenvalue weighted by Crippen LogP contribution is -2.49. The van der Waals surface area contributed by atoms with Crippen molar-refractivity contribution in [1.82, 2.24) is 0 Å². The van der Waals surface area contributed by atoms with Gasteiger partial charge in [-0.25, -0.2) is 4.79 Å². The summed E-state index contributed by atoms with van der Waals surface area (Å²) in [6.07, 6.45) is 7.51. The molecule has 4 aliphatic rings. The number of hydrogen-bond acceptors (Lipinski definition) is 2. The standard InChI is InChI=1S/C29H30O3/c1-17(30)25-12-23-3-2-4-24(21-5-7-22(8-6-21)28(31)32)26(23)13-27(25)29-14-18-9-19(15-29)11-20(10-18)16-29/h2-8,12-13,17-20,30H,9-11,14-16H2,1H3,(H,31,32). The normalized spacial score (nSPS) is 29.4. The smallest absolute Gasteiger partial charge is 0.335 e. The second kappa shape index (κ2) is 7.18. The molecule has 0 radical (unpaired) electrons. The van der Waals surface area contributed by atoms with Crippen molar-refractivity contribution in [3.63, 3.8) is 0 Å². The van der Waals surface area contributed by atoms with Gasteiger partial charge in [-0.2, -0.15) is 0 Å². The molecule has 0 amide bonds. The van der Waals surface area contributed by atoms with E-state index in [-0.39, 0.29) is 5.41 Å². The molecule has 2 N–H and O–H groups in total. The van der Waals surface area contributed by atoms with Crippen LogP contribution in [0.3, 0.4) is 0 Å². The highest BCUT2D eigenvalue weighted by Gasteiger charge is 2.52. The summed E-state index contributed by atoms with van der Waals surface area (Å²) in [7, 11) is 0. The molecule has 164 valence electrons. The molecule has 3 aromatic rings. The largest absolute Gasteiger partial charge is 0.478 e. The molecule has 3 nitrogen and oxygen atoms in total. The minimum atomic E-state index is -0.903. The van der Waals surface area contributed by atoms with Crippen LogP contribution in [0.15, 0.2) is 54.6 Å². The Morgan fingerprint density at radius 2 is 1.56 bits per heavy atom. The number of carboxylic acids is 1. The van der Waals surface area contributed by atoms with Crippen LogP contribution in [0.2, 0.25) is 0 Å². The number of hydrogen-bond donors (Lipinski definition) is 2. The Morgan fingerprint density at radius 3 is 2.12 bits per heavy atom. The maximum absolute atomic E-state index is 11.3. The van der Waals surface area contributed by atoms with E-state index >= 15 is 0 Å². The number of rotatable bonds is 4. The van der Waals surface area contributed by atoms with Crippen molar-refractivity contribution in [3.05, 3.63) is 71.3 Å². The number of benzene rings is 3. The second-order valence-corrected chi connectivity index (χ2v) is 10.7. The van der Waals surface area contributed by atoms with E-state index < -0.39 is 12.1 Å². The molecule has 4 saturated carbocycles. The highest BCUT2D eigenvalue weighted by atomic mass is 16.4. The van der Waals surface area contributed by atoms with Crippen molar-refractivity contribution in [2.45, 2.75) is 57.0 Å². The molecule has 0 aliphatic heterocycles. The van der Waals surface area contributed by atoms with Gasteiger partial charge in [-0.15, -0.1) is 0 Å². The number of aliphatic hydroxyl groups is 1. The predicted molar refractivity (Wildman–Crippen MR) is 127 cm³/mol. The summed E-state index contributed by atoms with van der Waals surface area (Å²) in [5.41, 5.74) is 5.13. The molecule has 32 heavy (non-hydrogen) atoms. The third-order valence-corrected chi connectivity index (χ3v) is 8.55. The monoisotopic (exact) mass is 426 g/mol. The zero-order chi connectivity index (χ0) is 22.0. The van der Waals surface area contributed by atoms with E-state index in [0.29, 0.717) is 5.56 Å². The molecule has 0 heterocycles. The molecular weight excluding hydrogens is 396 g/mol. The Balaban J connectivity index is 1.53. The van der Waals surface area contributed by atoms with Gasteiger partial charge in [-0.1, -0.05) is 30.3 Å².